The molecule has 2 saturated heterocycles. The quantitative estimate of drug-likeness (QED) is 0.808. The number of nitrogens with zero attached hydrogens (tertiary/aromatic N) is 3. The van der Waals surface area contributed by atoms with Gasteiger partial charge in [-0.3, -0.25) is 14.1 Å². The molecule has 4 rings (SSSR count). The number of hydrogen-bond donors (Lipinski definition) is 2. The van der Waals surface area contributed by atoms with Gasteiger partial charge in [-0.25, -0.2) is 4.98 Å². The molecule has 0 amide bonds. The van der Waals surface area contributed by atoms with Crippen LogP contribution in [-0.4, -0.2) is 51.7 Å². The predicted molar refractivity (Wildman–Crippen MR) is 104 cm³/mol. The molecule has 0 spiro atoms. The Kier molecular flexibility index (Phi) is 6.87. The Labute approximate surface area is 163 Å². The van der Waals surface area contributed by atoms with E-state index in [-0.39, 0.29) is 42.4 Å². The molecule has 2 aliphatic rings. The molecule has 2 fully saturated rings. The van der Waals surface area contributed by atoms with Crippen LogP contribution >= 0.6 is 36.2 Å². The molecule has 2 aromatic heterocycles. The zero-order chi connectivity index (χ0) is 15.9. The maximum atomic E-state index is 12.1. The highest BCUT2D eigenvalue weighted by atomic mass is 35.5. The zero-order valence-corrected chi connectivity index (χ0v) is 16.3. The highest BCUT2D eigenvalue weighted by molar-refractivity contribution is 7.15. The first-order chi connectivity index (χ1) is 11.2. The molecule has 0 saturated carbocycles. The summed E-state index contributed by atoms with van der Waals surface area (Å²) in [5.74, 6) is 0. The first kappa shape index (κ1) is 20.6. The van der Waals surface area contributed by atoms with Gasteiger partial charge in [0, 0.05) is 42.2 Å². The number of aliphatic hydroxyl groups excluding tert-OH is 1. The number of piperidine rings is 2. The van der Waals surface area contributed by atoms with Crippen molar-refractivity contribution in [3.05, 3.63) is 33.7 Å². The van der Waals surface area contributed by atoms with Gasteiger partial charge in [0.1, 0.15) is 0 Å². The minimum atomic E-state index is -0.0104. The topological polar surface area (TPSA) is 69.9 Å². The molecule has 2 aromatic rings. The zero-order valence-electron chi connectivity index (χ0n) is 13.9. The number of hydrogen-bond acceptors (Lipinski definition) is 6. The molecule has 25 heavy (non-hydrogen) atoms. The Hall–Kier alpha value is -0.700. The van der Waals surface area contributed by atoms with E-state index in [4.69, 9.17) is 0 Å². The molecule has 0 aliphatic carbocycles. The average Bonchev–Trinajstić information content (AvgIpc) is 3.04. The summed E-state index contributed by atoms with van der Waals surface area (Å²) < 4.78 is 1.59. The predicted octanol–water partition coefficient (Wildman–Crippen LogP) is 1.54. The largest absolute Gasteiger partial charge is 0.396 e. The van der Waals surface area contributed by atoms with E-state index in [1.165, 1.54) is 11.3 Å². The summed E-state index contributed by atoms with van der Waals surface area (Å²) in [6, 6.07) is 1.98. The van der Waals surface area contributed by atoms with Crippen molar-refractivity contribution < 1.29 is 5.11 Å². The number of aromatic nitrogens is 2. The molecule has 0 unspecified atom stereocenters. The first-order valence-corrected chi connectivity index (χ1v) is 9.11. The molecule has 6 nitrogen and oxygen atoms in total. The Morgan fingerprint density at radius 3 is 3.04 bits per heavy atom. The minimum absolute atomic E-state index is 0. The first-order valence-electron chi connectivity index (χ1n) is 8.23. The van der Waals surface area contributed by atoms with Gasteiger partial charge in [0.05, 0.1) is 12.3 Å². The fraction of sp³-hybridized carbons (Fsp3) is 0.625. The van der Waals surface area contributed by atoms with Gasteiger partial charge < -0.3 is 10.4 Å². The summed E-state index contributed by atoms with van der Waals surface area (Å²) in [5, 5.41) is 15.3. The second-order valence-corrected chi connectivity index (χ2v) is 7.63. The summed E-state index contributed by atoms with van der Waals surface area (Å²) in [5.41, 5.74) is 0.868. The molecule has 0 bridgehead atoms. The van der Waals surface area contributed by atoms with Crippen molar-refractivity contribution in [2.75, 3.05) is 26.2 Å². The minimum Gasteiger partial charge on any atom is -0.396 e. The fourth-order valence-electron chi connectivity index (χ4n) is 4.01. The van der Waals surface area contributed by atoms with Gasteiger partial charge in [0.15, 0.2) is 4.96 Å². The van der Waals surface area contributed by atoms with Crippen LogP contribution in [0, 0.1) is 5.41 Å². The molecular formula is C16H24Cl2N4O2S. The van der Waals surface area contributed by atoms with Crippen molar-refractivity contribution >= 4 is 41.1 Å². The van der Waals surface area contributed by atoms with E-state index in [0.717, 1.165) is 49.6 Å². The summed E-state index contributed by atoms with van der Waals surface area (Å²) in [6.07, 6.45) is 5.02. The molecule has 140 valence electrons. The lowest BCUT2D eigenvalue weighted by Gasteiger charge is -2.50. The molecule has 0 radical (unpaired) electrons. The highest BCUT2D eigenvalue weighted by Crippen LogP contribution is 2.38. The number of aliphatic hydroxyl groups is 1. The third-order valence-corrected chi connectivity index (χ3v) is 6.16. The maximum absolute atomic E-state index is 12.1. The Morgan fingerprint density at radius 1 is 1.40 bits per heavy atom. The van der Waals surface area contributed by atoms with Crippen LogP contribution < -0.4 is 10.9 Å². The fourth-order valence-corrected chi connectivity index (χ4v) is 4.74. The van der Waals surface area contributed by atoms with E-state index < -0.39 is 0 Å². The van der Waals surface area contributed by atoms with Gasteiger partial charge >= 0.3 is 0 Å². The number of likely N-dealkylation sites (tertiary alicyclic amines) is 1. The smallest absolute Gasteiger partial charge is 0.258 e. The molecule has 2 aliphatic heterocycles. The molecule has 4 heterocycles. The van der Waals surface area contributed by atoms with Crippen molar-refractivity contribution in [3.8, 4) is 0 Å². The van der Waals surface area contributed by atoms with Crippen LogP contribution in [0.25, 0.3) is 4.96 Å². The van der Waals surface area contributed by atoms with E-state index in [9.17, 15) is 9.90 Å². The van der Waals surface area contributed by atoms with Crippen LogP contribution in [0.3, 0.4) is 0 Å². The summed E-state index contributed by atoms with van der Waals surface area (Å²) in [6.45, 7) is 3.85. The van der Waals surface area contributed by atoms with Gasteiger partial charge in [-0.05, 0) is 32.4 Å². The van der Waals surface area contributed by atoms with Crippen LogP contribution in [0.2, 0.25) is 0 Å². The Bertz CT molecular complexity index is 768. The number of halogens is 2. The van der Waals surface area contributed by atoms with Crippen LogP contribution in [0.4, 0.5) is 0 Å². The van der Waals surface area contributed by atoms with E-state index in [2.05, 4.69) is 15.2 Å². The van der Waals surface area contributed by atoms with Crippen LogP contribution in [-0.2, 0) is 6.54 Å². The Morgan fingerprint density at radius 2 is 2.24 bits per heavy atom. The summed E-state index contributed by atoms with van der Waals surface area (Å²) >= 11 is 1.49. The molecule has 2 N–H and O–H groups in total. The lowest BCUT2D eigenvalue weighted by atomic mass is 9.70. The third-order valence-electron chi connectivity index (χ3n) is 5.40. The second kappa shape index (κ2) is 8.33. The third kappa shape index (κ3) is 3.86. The lowest BCUT2D eigenvalue weighted by Crippen LogP contribution is -2.61. The summed E-state index contributed by atoms with van der Waals surface area (Å²) in [4.78, 5) is 19.8. The highest BCUT2D eigenvalue weighted by Gasteiger charge is 2.43. The average molecular weight is 407 g/mol. The van der Waals surface area contributed by atoms with Crippen LogP contribution in [0.5, 0.6) is 0 Å². The van der Waals surface area contributed by atoms with Gasteiger partial charge in [-0.2, -0.15) is 0 Å². The lowest BCUT2D eigenvalue weighted by molar-refractivity contribution is -0.0153. The van der Waals surface area contributed by atoms with E-state index >= 15 is 0 Å². The van der Waals surface area contributed by atoms with Gasteiger partial charge in [-0.1, -0.05) is 0 Å². The number of thiazole rings is 1. The molecular weight excluding hydrogens is 383 g/mol. The van der Waals surface area contributed by atoms with Crippen molar-refractivity contribution in [2.45, 2.75) is 31.8 Å². The summed E-state index contributed by atoms with van der Waals surface area (Å²) in [7, 11) is 0. The second-order valence-electron chi connectivity index (χ2n) is 6.76. The number of rotatable bonds is 3. The van der Waals surface area contributed by atoms with Gasteiger partial charge in [-0.15, -0.1) is 36.2 Å². The normalized spacial score (nSPS) is 26.5. The van der Waals surface area contributed by atoms with E-state index in [0.29, 0.717) is 12.6 Å². The van der Waals surface area contributed by atoms with Crippen molar-refractivity contribution in [1.82, 2.24) is 19.6 Å². The van der Waals surface area contributed by atoms with Gasteiger partial charge in [0.25, 0.3) is 5.56 Å². The molecule has 9 heteroatoms. The van der Waals surface area contributed by atoms with Gasteiger partial charge in [0.2, 0.25) is 0 Å². The standard InChI is InChI=1S/C16H22N4O2S.2ClH/c21-11-16-2-1-4-17-13(16)10-19(5-3-16)9-12-8-14(22)20-6-7-23-15(20)18-12;;/h6-8,13,17,21H,1-5,9-11H2;2*1H/t13-,16-;;/m1../s1. The number of nitrogens with one attached hydrogen (secondary N) is 1. The van der Waals surface area contributed by atoms with Crippen molar-refractivity contribution in [1.29, 1.82) is 0 Å². The number of fused-ring (bicyclic) bond motifs is 2. The van der Waals surface area contributed by atoms with E-state index in [1.54, 1.807) is 16.7 Å². The maximum Gasteiger partial charge on any atom is 0.258 e. The Balaban J connectivity index is 0.00000113. The monoisotopic (exact) mass is 406 g/mol. The van der Waals surface area contributed by atoms with Crippen LogP contribution in [0.15, 0.2) is 22.4 Å². The molecule has 0 aromatic carbocycles. The van der Waals surface area contributed by atoms with E-state index in [1.807, 2.05) is 5.38 Å². The van der Waals surface area contributed by atoms with Crippen molar-refractivity contribution in [2.24, 2.45) is 5.41 Å². The van der Waals surface area contributed by atoms with Crippen molar-refractivity contribution in [3.63, 3.8) is 0 Å². The van der Waals surface area contributed by atoms with Crippen LogP contribution in [0.1, 0.15) is 25.0 Å². The SMILES string of the molecule is Cl.Cl.O=c1cc(CN2CC[C@@]3(CO)CCCN[C@@H]3C2)nc2sccn12. The molecule has 2 atom stereocenters.